The van der Waals surface area contributed by atoms with Gasteiger partial charge >= 0.3 is 0 Å². The molecule has 16 heavy (non-hydrogen) atoms. The van der Waals surface area contributed by atoms with Crippen molar-refractivity contribution in [2.24, 2.45) is 0 Å². The van der Waals surface area contributed by atoms with Crippen molar-refractivity contribution in [3.05, 3.63) is 28.4 Å². The third kappa shape index (κ3) is 2.05. The van der Waals surface area contributed by atoms with Gasteiger partial charge in [-0.15, -0.1) is 16.4 Å². The van der Waals surface area contributed by atoms with Crippen molar-refractivity contribution in [1.82, 2.24) is 15.2 Å². The van der Waals surface area contributed by atoms with Crippen LogP contribution < -0.4 is 0 Å². The molecule has 0 radical (unpaired) electrons. The lowest BCUT2D eigenvalue weighted by Gasteiger charge is -2.04. The first-order valence-electron chi connectivity index (χ1n) is 4.53. The third-order valence-electron chi connectivity index (χ3n) is 2.13. The molecule has 0 N–H and O–H groups in total. The standard InChI is InChI=1S/C10H8N4S2/c1-6-7(2)13-14-9(8(6)5-11)16-10-12-3-4-15-10/h3-4H,1-2H3. The van der Waals surface area contributed by atoms with Crippen LogP contribution in [0.4, 0.5) is 0 Å². The number of aromatic nitrogens is 3. The van der Waals surface area contributed by atoms with Crippen molar-refractivity contribution in [2.75, 3.05) is 0 Å². The fourth-order valence-electron chi connectivity index (χ4n) is 1.13. The molecule has 0 spiro atoms. The highest BCUT2D eigenvalue weighted by Crippen LogP contribution is 2.30. The summed E-state index contributed by atoms with van der Waals surface area (Å²) in [5.41, 5.74) is 2.27. The minimum atomic E-state index is 0.590. The maximum Gasteiger partial charge on any atom is 0.156 e. The van der Waals surface area contributed by atoms with E-state index >= 15 is 0 Å². The van der Waals surface area contributed by atoms with Gasteiger partial charge in [-0.2, -0.15) is 10.4 Å². The van der Waals surface area contributed by atoms with E-state index < -0.39 is 0 Å². The summed E-state index contributed by atoms with van der Waals surface area (Å²) in [5.74, 6) is 0. The predicted molar refractivity (Wildman–Crippen MR) is 62.5 cm³/mol. The van der Waals surface area contributed by atoms with Crippen LogP contribution >= 0.6 is 23.1 Å². The first-order chi connectivity index (χ1) is 7.72. The van der Waals surface area contributed by atoms with Gasteiger partial charge in [0.25, 0.3) is 0 Å². The van der Waals surface area contributed by atoms with E-state index in [9.17, 15) is 0 Å². The molecule has 4 nitrogen and oxygen atoms in total. The molecule has 0 saturated heterocycles. The zero-order valence-electron chi connectivity index (χ0n) is 8.76. The Balaban J connectivity index is 2.42. The highest BCUT2D eigenvalue weighted by atomic mass is 32.2. The van der Waals surface area contributed by atoms with Crippen LogP contribution in [-0.4, -0.2) is 15.2 Å². The van der Waals surface area contributed by atoms with Crippen LogP contribution in [0, 0.1) is 25.2 Å². The minimum absolute atomic E-state index is 0.590. The molecule has 0 unspecified atom stereocenters. The van der Waals surface area contributed by atoms with E-state index in [-0.39, 0.29) is 0 Å². The van der Waals surface area contributed by atoms with Gasteiger partial charge in [0.2, 0.25) is 0 Å². The Labute approximate surface area is 101 Å². The van der Waals surface area contributed by atoms with E-state index in [0.29, 0.717) is 10.6 Å². The van der Waals surface area contributed by atoms with Crippen molar-refractivity contribution < 1.29 is 0 Å². The van der Waals surface area contributed by atoms with Crippen molar-refractivity contribution >= 4 is 23.1 Å². The lowest BCUT2D eigenvalue weighted by molar-refractivity contribution is 0.870. The van der Waals surface area contributed by atoms with Gasteiger partial charge in [0.1, 0.15) is 11.1 Å². The first-order valence-corrected chi connectivity index (χ1v) is 6.23. The summed E-state index contributed by atoms with van der Waals surface area (Å²) in [6.45, 7) is 3.73. The molecule has 0 fully saturated rings. The summed E-state index contributed by atoms with van der Waals surface area (Å²) in [7, 11) is 0. The third-order valence-corrected chi connectivity index (χ3v) is 3.99. The first kappa shape index (κ1) is 11.0. The zero-order valence-corrected chi connectivity index (χ0v) is 10.4. The second-order valence-electron chi connectivity index (χ2n) is 3.10. The fraction of sp³-hybridized carbons (Fsp3) is 0.200. The maximum absolute atomic E-state index is 9.10. The van der Waals surface area contributed by atoms with Gasteiger partial charge in [0.05, 0.1) is 11.3 Å². The molecule has 0 aliphatic rings. The Hall–Kier alpha value is -1.45. The van der Waals surface area contributed by atoms with Crippen LogP contribution in [0.2, 0.25) is 0 Å². The van der Waals surface area contributed by atoms with Gasteiger partial charge in [-0.25, -0.2) is 4.98 Å². The van der Waals surface area contributed by atoms with Crippen LogP contribution in [0.5, 0.6) is 0 Å². The molecule has 2 aromatic heterocycles. The topological polar surface area (TPSA) is 62.5 Å². The molecule has 6 heteroatoms. The van der Waals surface area contributed by atoms with Crippen molar-refractivity contribution in [1.29, 1.82) is 5.26 Å². The second-order valence-corrected chi connectivity index (χ2v) is 5.23. The zero-order chi connectivity index (χ0) is 11.5. The lowest BCUT2D eigenvalue weighted by Crippen LogP contribution is -1.98. The summed E-state index contributed by atoms with van der Waals surface area (Å²) in [6, 6.07) is 2.17. The molecule has 0 aliphatic heterocycles. The van der Waals surface area contributed by atoms with E-state index in [4.69, 9.17) is 5.26 Å². The molecular weight excluding hydrogens is 240 g/mol. The van der Waals surface area contributed by atoms with Crippen LogP contribution in [0.1, 0.15) is 16.8 Å². The Morgan fingerprint density at radius 3 is 2.81 bits per heavy atom. The molecule has 0 atom stereocenters. The van der Waals surface area contributed by atoms with E-state index in [1.165, 1.54) is 23.1 Å². The summed E-state index contributed by atoms with van der Waals surface area (Å²) >= 11 is 2.90. The highest BCUT2D eigenvalue weighted by molar-refractivity contribution is 8.01. The second kappa shape index (κ2) is 4.60. The largest absolute Gasteiger partial charge is 0.238 e. The molecule has 0 amide bonds. The number of nitrogens with zero attached hydrogens (tertiary/aromatic N) is 4. The van der Waals surface area contributed by atoms with E-state index in [2.05, 4.69) is 21.3 Å². The molecule has 0 aliphatic carbocycles. The lowest BCUT2D eigenvalue weighted by atomic mass is 10.1. The van der Waals surface area contributed by atoms with E-state index in [1.54, 1.807) is 6.20 Å². The summed E-state index contributed by atoms with van der Waals surface area (Å²) in [4.78, 5) is 4.14. The van der Waals surface area contributed by atoms with Gasteiger partial charge in [-0.05, 0) is 31.2 Å². The monoisotopic (exact) mass is 248 g/mol. The molecule has 2 heterocycles. The quantitative estimate of drug-likeness (QED) is 0.817. The normalized spacial score (nSPS) is 10.1. The number of hydrogen-bond acceptors (Lipinski definition) is 6. The molecule has 0 aromatic carbocycles. The summed E-state index contributed by atoms with van der Waals surface area (Å²) in [5, 5.41) is 19.7. The number of rotatable bonds is 2. The molecular formula is C10H8N4S2. The fourth-order valence-corrected chi connectivity index (χ4v) is 2.75. The molecule has 0 saturated carbocycles. The van der Waals surface area contributed by atoms with Crippen LogP contribution in [0.3, 0.4) is 0 Å². The summed E-state index contributed by atoms with van der Waals surface area (Å²) in [6.07, 6.45) is 1.73. The van der Waals surface area contributed by atoms with Gasteiger partial charge < -0.3 is 0 Å². The molecule has 2 aromatic rings. The van der Waals surface area contributed by atoms with Crippen molar-refractivity contribution in [3.63, 3.8) is 0 Å². The molecule has 2 rings (SSSR count). The average molecular weight is 248 g/mol. The Bertz CT molecular complexity index is 543. The van der Waals surface area contributed by atoms with Crippen LogP contribution in [-0.2, 0) is 0 Å². The van der Waals surface area contributed by atoms with Gasteiger partial charge in [-0.3, -0.25) is 0 Å². The number of thiazole rings is 1. The van der Waals surface area contributed by atoms with Crippen molar-refractivity contribution in [3.8, 4) is 6.07 Å². The average Bonchev–Trinajstić information content (AvgIpc) is 2.77. The molecule has 80 valence electrons. The van der Waals surface area contributed by atoms with Crippen molar-refractivity contribution in [2.45, 2.75) is 23.2 Å². The summed E-state index contributed by atoms with van der Waals surface area (Å²) < 4.78 is 0.869. The Morgan fingerprint density at radius 1 is 1.38 bits per heavy atom. The highest BCUT2D eigenvalue weighted by Gasteiger charge is 2.12. The van der Waals surface area contributed by atoms with E-state index in [1.807, 2.05) is 19.2 Å². The van der Waals surface area contributed by atoms with Gasteiger partial charge in [0, 0.05) is 11.6 Å². The van der Waals surface area contributed by atoms with Crippen LogP contribution in [0.25, 0.3) is 0 Å². The Kier molecular flexibility index (Phi) is 3.17. The SMILES string of the molecule is Cc1nnc(Sc2nccs2)c(C#N)c1C. The van der Waals surface area contributed by atoms with Crippen LogP contribution in [0.15, 0.2) is 20.9 Å². The number of nitriles is 1. The predicted octanol–water partition coefficient (Wildman–Crippen LogP) is 2.57. The molecule has 0 bridgehead atoms. The minimum Gasteiger partial charge on any atom is -0.238 e. The smallest absolute Gasteiger partial charge is 0.156 e. The van der Waals surface area contributed by atoms with E-state index in [0.717, 1.165) is 15.6 Å². The van der Waals surface area contributed by atoms with Gasteiger partial charge in [0.15, 0.2) is 4.34 Å². The van der Waals surface area contributed by atoms with Gasteiger partial charge in [-0.1, -0.05) is 0 Å². The Morgan fingerprint density at radius 2 is 2.19 bits per heavy atom. The maximum atomic E-state index is 9.10. The number of hydrogen-bond donors (Lipinski definition) is 0. The number of aryl methyl sites for hydroxylation is 1.